The molecule has 0 amide bonds. The van der Waals surface area contributed by atoms with Crippen LogP contribution in [0.1, 0.15) is 11.1 Å². The molecule has 0 spiro atoms. The van der Waals surface area contributed by atoms with Gasteiger partial charge in [-0.25, -0.2) is 9.18 Å². The van der Waals surface area contributed by atoms with Gasteiger partial charge in [-0.15, -0.1) is 4.68 Å². The van der Waals surface area contributed by atoms with Crippen molar-refractivity contribution < 1.29 is 14.1 Å². The summed E-state index contributed by atoms with van der Waals surface area (Å²) in [6, 6.07) is 16.4. The van der Waals surface area contributed by atoms with E-state index in [1.165, 1.54) is 42.5 Å². The molecule has 4 rings (SSSR count). The second-order valence-electron chi connectivity index (χ2n) is 6.67. The summed E-state index contributed by atoms with van der Waals surface area (Å²) in [4.78, 5) is 38.3. The predicted molar refractivity (Wildman–Crippen MR) is 116 cm³/mol. The second-order valence-corrected chi connectivity index (χ2v) is 6.67. The molecule has 32 heavy (non-hydrogen) atoms. The zero-order valence-corrected chi connectivity index (χ0v) is 16.4. The Balaban J connectivity index is 1.75. The average molecular weight is 434 g/mol. The van der Waals surface area contributed by atoms with Crippen molar-refractivity contribution in [2.24, 2.45) is 5.10 Å². The van der Waals surface area contributed by atoms with Gasteiger partial charge in [-0.2, -0.15) is 5.10 Å². The van der Waals surface area contributed by atoms with Crippen molar-refractivity contribution in [1.82, 2.24) is 9.66 Å². The molecule has 10 heteroatoms. The lowest BCUT2D eigenvalue weighted by Crippen LogP contribution is -2.32. The Labute approximate surface area is 179 Å². The van der Waals surface area contributed by atoms with E-state index in [9.17, 15) is 24.1 Å². The van der Waals surface area contributed by atoms with Crippen molar-refractivity contribution in [3.05, 3.63) is 115 Å². The molecule has 4 aromatic rings. The van der Waals surface area contributed by atoms with E-state index >= 15 is 0 Å². The molecule has 0 saturated carbocycles. The molecule has 1 heterocycles. The number of para-hydroxylation sites is 2. The van der Waals surface area contributed by atoms with Gasteiger partial charge in [0.1, 0.15) is 12.4 Å². The van der Waals surface area contributed by atoms with Crippen LogP contribution in [0.25, 0.3) is 10.9 Å². The Morgan fingerprint density at radius 2 is 1.81 bits per heavy atom. The third-order valence-electron chi connectivity index (χ3n) is 4.65. The summed E-state index contributed by atoms with van der Waals surface area (Å²) >= 11 is 0. The molecule has 0 unspecified atom stereocenters. The van der Waals surface area contributed by atoms with Crippen LogP contribution in [0.5, 0.6) is 5.75 Å². The number of nitro benzene ring substituents is 1. The summed E-state index contributed by atoms with van der Waals surface area (Å²) in [6.07, 6.45) is 1.11. The SMILES string of the molecule is O=c1[nH]c2ccccc2c(=O)n1N=Cc1cccc([N+](=O)[O-])c1OCc1ccccc1F. The standard InChI is InChI=1S/C22H15FN4O5/c23-17-9-3-1-6-15(17)13-32-20-14(7-5-11-19(20)27(30)31)12-24-26-21(28)16-8-2-4-10-18(16)25-22(26)29/h1-12H,13H2,(H,25,29). The van der Waals surface area contributed by atoms with Crippen LogP contribution in [-0.2, 0) is 6.61 Å². The summed E-state index contributed by atoms with van der Waals surface area (Å²) in [7, 11) is 0. The minimum atomic E-state index is -0.774. The molecule has 0 aliphatic heterocycles. The summed E-state index contributed by atoms with van der Waals surface area (Å²) in [5, 5.41) is 15.6. The quantitative estimate of drug-likeness (QED) is 0.284. The maximum atomic E-state index is 13.9. The van der Waals surface area contributed by atoms with Crippen LogP contribution in [-0.4, -0.2) is 20.8 Å². The van der Waals surface area contributed by atoms with Gasteiger partial charge in [-0.05, 0) is 24.3 Å². The van der Waals surface area contributed by atoms with E-state index in [0.29, 0.717) is 10.2 Å². The lowest BCUT2D eigenvalue weighted by Gasteiger charge is -2.10. The summed E-state index contributed by atoms with van der Waals surface area (Å²) < 4.78 is 20.1. The summed E-state index contributed by atoms with van der Waals surface area (Å²) in [5.41, 5.74) is -1.10. The first-order chi connectivity index (χ1) is 15.5. The van der Waals surface area contributed by atoms with Crippen molar-refractivity contribution in [1.29, 1.82) is 0 Å². The Bertz CT molecular complexity index is 1480. The highest BCUT2D eigenvalue weighted by molar-refractivity contribution is 5.86. The van der Waals surface area contributed by atoms with Crippen LogP contribution in [0.2, 0.25) is 0 Å². The maximum Gasteiger partial charge on any atom is 0.349 e. The average Bonchev–Trinajstić information content (AvgIpc) is 2.78. The van der Waals surface area contributed by atoms with Crippen LogP contribution < -0.4 is 16.0 Å². The van der Waals surface area contributed by atoms with Gasteiger partial charge in [0.05, 0.1) is 22.0 Å². The van der Waals surface area contributed by atoms with Gasteiger partial charge >= 0.3 is 11.4 Å². The molecule has 1 aromatic heterocycles. The van der Waals surface area contributed by atoms with Crippen LogP contribution in [0.3, 0.4) is 0 Å². The van der Waals surface area contributed by atoms with Crippen LogP contribution in [0.15, 0.2) is 81.4 Å². The fraction of sp³-hybridized carbons (Fsp3) is 0.0455. The third kappa shape index (κ3) is 4.01. The summed E-state index contributed by atoms with van der Waals surface area (Å²) in [6.45, 7) is -0.269. The van der Waals surface area contributed by atoms with E-state index in [1.54, 1.807) is 24.3 Å². The number of H-pyrrole nitrogens is 1. The molecular weight excluding hydrogens is 419 g/mol. The van der Waals surface area contributed by atoms with Gasteiger partial charge in [0, 0.05) is 17.2 Å². The number of halogens is 1. The van der Waals surface area contributed by atoms with Crippen molar-refractivity contribution >= 4 is 22.8 Å². The smallest absolute Gasteiger partial charge is 0.349 e. The zero-order chi connectivity index (χ0) is 22.7. The van der Waals surface area contributed by atoms with Crippen molar-refractivity contribution in [3.63, 3.8) is 0 Å². The number of aromatic nitrogens is 2. The first-order valence-electron chi connectivity index (χ1n) is 9.38. The minimum absolute atomic E-state index is 0.134. The molecule has 0 atom stereocenters. The second kappa shape index (κ2) is 8.64. The molecule has 1 N–H and O–H groups in total. The number of hydrogen-bond donors (Lipinski definition) is 1. The Morgan fingerprint density at radius 3 is 2.59 bits per heavy atom. The number of aromatic amines is 1. The zero-order valence-electron chi connectivity index (χ0n) is 16.4. The fourth-order valence-corrected chi connectivity index (χ4v) is 3.09. The molecule has 0 aliphatic carbocycles. The molecule has 0 fully saturated rings. The molecule has 0 bridgehead atoms. The number of benzene rings is 3. The van der Waals surface area contributed by atoms with Crippen LogP contribution >= 0.6 is 0 Å². The molecule has 3 aromatic carbocycles. The molecule has 9 nitrogen and oxygen atoms in total. The van der Waals surface area contributed by atoms with Gasteiger partial charge in [0.2, 0.25) is 5.75 Å². The Hall–Kier alpha value is -4.60. The van der Waals surface area contributed by atoms with Gasteiger partial charge in [-0.3, -0.25) is 14.9 Å². The lowest BCUT2D eigenvalue weighted by atomic mass is 10.2. The Morgan fingerprint density at radius 1 is 1.06 bits per heavy atom. The fourth-order valence-electron chi connectivity index (χ4n) is 3.09. The minimum Gasteiger partial charge on any atom is -0.481 e. The number of fused-ring (bicyclic) bond motifs is 1. The monoisotopic (exact) mass is 434 g/mol. The first-order valence-corrected chi connectivity index (χ1v) is 9.38. The molecule has 0 saturated heterocycles. The van der Waals surface area contributed by atoms with E-state index in [-0.39, 0.29) is 34.6 Å². The van der Waals surface area contributed by atoms with Crippen molar-refractivity contribution in [3.8, 4) is 5.75 Å². The molecule has 0 aliphatic rings. The number of hydrogen-bond acceptors (Lipinski definition) is 6. The van der Waals surface area contributed by atoms with E-state index < -0.39 is 22.0 Å². The number of ether oxygens (including phenoxy) is 1. The van der Waals surface area contributed by atoms with E-state index in [1.807, 2.05) is 0 Å². The number of nitrogens with zero attached hydrogens (tertiary/aromatic N) is 3. The highest BCUT2D eigenvalue weighted by Gasteiger charge is 2.19. The largest absolute Gasteiger partial charge is 0.481 e. The number of rotatable bonds is 6. The normalized spacial score (nSPS) is 11.2. The van der Waals surface area contributed by atoms with Crippen LogP contribution in [0, 0.1) is 15.9 Å². The van der Waals surface area contributed by atoms with Gasteiger partial charge in [-0.1, -0.05) is 36.4 Å². The van der Waals surface area contributed by atoms with E-state index in [4.69, 9.17) is 4.74 Å². The number of nitrogens with one attached hydrogen (secondary N) is 1. The third-order valence-corrected chi connectivity index (χ3v) is 4.65. The van der Waals surface area contributed by atoms with Crippen LogP contribution in [0.4, 0.5) is 10.1 Å². The molecular formula is C22H15FN4O5. The van der Waals surface area contributed by atoms with E-state index in [0.717, 1.165) is 6.21 Å². The maximum absolute atomic E-state index is 13.9. The van der Waals surface area contributed by atoms with Gasteiger partial charge in [0.25, 0.3) is 5.56 Å². The van der Waals surface area contributed by atoms with Gasteiger partial charge < -0.3 is 9.72 Å². The van der Waals surface area contributed by atoms with Crippen molar-refractivity contribution in [2.75, 3.05) is 0 Å². The summed E-state index contributed by atoms with van der Waals surface area (Å²) in [5.74, 6) is -0.690. The molecule has 160 valence electrons. The highest BCUT2D eigenvalue weighted by atomic mass is 19.1. The lowest BCUT2D eigenvalue weighted by molar-refractivity contribution is -0.386. The number of nitro groups is 1. The van der Waals surface area contributed by atoms with Gasteiger partial charge in [0.15, 0.2) is 0 Å². The first kappa shape index (κ1) is 20.7. The highest BCUT2D eigenvalue weighted by Crippen LogP contribution is 2.31. The van der Waals surface area contributed by atoms with Crippen molar-refractivity contribution in [2.45, 2.75) is 6.61 Å². The predicted octanol–water partition coefficient (Wildman–Crippen LogP) is 3.20. The topological polar surface area (TPSA) is 120 Å². The molecule has 0 radical (unpaired) electrons. The Kier molecular flexibility index (Phi) is 5.58. The van der Waals surface area contributed by atoms with E-state index in [2.05, 4.69) is 10.1 Å².